The summed E-state index contributed by atoms with van der Waals surface area (Å²) in [5.74, 6) is 0. The van der Waals surface area contributed by atoms with Gasteiger partial charge in [-0.3, -0.25) is 4.90 Å². The summed E-state index contributed by atoms with van der Waals surface area (Å²) >= 11 is 0. The molecular formula is C16H17N. The summed E-state index contributed by atoms with van der Waals surface area (Å²) in [6.07, 6.45) is 0. The van der Waals surface area contributed by atoms with Gasteiger partial charge in [0.25, 0.3) is 0 Å². The number of hydrogen-bond acceptors (Lipinski definition) is 1. The zero-order valence-electron chi connectivity index (χ0n) is 10.1. The monoisotopic (exact) mass is 223 g/mol. The Bertz CT molecular complexity index is 479. The van der Waals surface area contributed by atoms with Gasteiger partial charge in [-0.25, -0.2) is 0 Å². The minimum atomic E-state index is 0.489. The van der Waals surface area contributed by atoms with Crippen LogP contribution < -0.4 is 0 Å². The normalized spacial score (nSPS) is 16.8. The van der Waals surface area contributed by atoms with Gasteiger partial charge in [-0.15, -0.1) is 0 Å². The van der Waals surface area contributed by atoms with E-state index < -0.39 is 0 Å². The quantitative estimate of drug-likeness (QED) is 0.749. The highest BCUT2D eigenvalue weighted by Gasteiger charge is 2.23. The SMILES string of the molecule is CC(c1ccccc1)N1Cc2ccccc2C1. The smallest absolute Gasteiger partial charge is 0.0326 e. The molecule has 0 amide bonds. The summed E-state index contributed by atoms with van der Waals surface area (Å²) in [5, 5.41) is 0. The van der Waals surface area contributed by atoms with Crippen LogP contribution in [-0.2, 0) is 13.1 Å². The molecule has 0 radical (unpaired) electrons. The Morgan fingerprint density at radius 2 is 1.35 bits per heavy atom. The summed E-state index contributed by atoms with van der Waals surface area (Å²) in [6.45, 7) is 4.44. The van der Waals surface area contributed by atoms with Crippen LogP contribution in [0.3, 0.4) is 0 Å². The van der Waals surface area contributed by atoms with E-state index in [1.807, 2.05) is 0 Å². The molecule has 0 saturated carbocycles. The molecule has 0 N–H and O–H groups in total. The van der Waals surface area contributed by atoms with E-state index in [1.54, 1.807) is 0 Å². The first-order chi connectivity index (χ1) is 8.34. The number of fused-ring (bicyclic) bond motifs is 1. The summed E-state index contributed by atoms with van der Waals surface area (Å²) in [4.78, 5) is 2.53. The molecule has 1 nitrogen and oxygen atoms in total. The molecule has 1 aliphatic rings. The van der Waals surface area contributed by atoms with Crippen molar-refractivity contribution in [1.82, 2.24) is 4.90 Å². The van der Waals surface area contributed by atoms with Crippen molar-refractivity contribution in [3.8, 4) is 0 Å². The first-order valence-corrected chi connectivity index (χ1v) is 6.20. The van der Waals surface area contributed by atoms with Crippen LogP contribution in [0.5, 0.6) is 0 Å². The summed E-state index contributed by atoms with van der Waals surface area (Å²) in [5.41, 5.74) is 4.37. The van der Waals surface area contributed by atoms with Crippen LogP contribution in [0.1, 0.15) is 29.7 Å². The molecule has 1 heterocycles. The highest BCUT2D eigenvalue weighted by atomic mass is 15.2. The van der Waals surface area contributed by atoms with Gasteiger partial charge in [-0.2, -0.15) is 0 Å². The molecule has 2 aromatic rings. The summed E-state index contributed by atoms with van der Waals surface area (Å²) in [6, 6.07) is 20.0. The number of rotatable bonds is 2. The lowest BCUT2D eigenvalue weighted by atomic mass is 10.1. The predicted molar refractivity (Wildman–Crippen MR) is 70.5 cm³/mol. The van der Waals surface area contributed by atoms with E-state index >= 15 is 0 Å². The average Bonchev–Trinajstić information content (AvgIpc) is 2.82. The molecule has 0 fully saturated rings. The van der Waals surface area contributed by atoms with Crippen LogP contribution in [0.2, 0.25) is 0 Å². The first-order valence-electron chi connectivity index (χ1n) is 6.20. The Labute approximate surface area is 103 Å². The van der Waals surface area contributed by atoms with E-state index in [9.17, 15) is 0 Å². The van der Waals surface area contributed by atoms with Gasteiger partial charge >= 0.3 is 0 Å². The molecule has 0 aliphatic carbocycles. The molecule has 1 heteroatoms. The average molecular weight is 223 g/mol. The Balaban J connectivity index is 1.81. The summed E-state index contributed by atoms with van der Waals surface area (Å²) in [7, 11) is 0. The van der Waals surface area contributed by atoms with Gasteiger partial charge in [0.2, 0.25) is 0 Å². The fourth-order valence-electron chi connectivity index (χ4n) is 2.58. The predicted octanol–water partition coefficient (Wildman–Crippen LogP) is 3.76. The van der Waals surface area contributed by atoms with Gasteiger partial charge in [0, 0.05) is 19.1 Å². The van der Waals surface area contributed by atoms with Crippen LogP contribution in [0.4, 0.5) is 0 Å². The van der Waals surface area contributed by atoms with Crippen molar-refractivity contribution < 1.29 is 0 Å². The number of hydrogen-bond donors (Lipinski definition) is 0. The third-order valence-corrected chi connectivity index (χ3v) is 3.69. The van der Waals surface area contributed by atoms with Crippen molar-refractivity contribution in [2.45, 2.75) is 26.1 Å². The zero-order valence-corrected chi connectivity index (χ0v) is 10.1. The first kappa shape index (κ1) is 10.5. The molecule has 1 unspecified atom stereocenters. The van der Waals surface area contributed by atoms with Crippen LogP contribution >= 0.6 is 0 Å². The molecule has 1 atom stereocenters. The van der Waals surface area contributed by atoms with Gasteiger partial charge in [-0.05, 0) is 23.6 Å². The lowest BCUT2D eigenvalue weighted by Crippen LogP contribution is -2.20. The third-order valence-electron chi connectivity index (χ3n) is 3.69. The van der Waals surface area contributed by atoms with Crippen molar-refractivity contribution in [2.24, 2.45) is 0 Å². The van der Waals surface area contributed by atoms with Gasteiger partial charge in [0.1, 0.15) is 0 Å². The molecule has 17 heavy (non-hydrogen) atoms. The molecule has 0 spiro atoms. The van der Waals surface area contributed by atoms with Crippen molar-refractivity contribution >= 4 is 0 Å². The van der Waals surface area contributed by atoms with E-state index in [0.717, 1.165) is 13.1 Å². The van der Waals surface area contributed by atoms with Crippen molar-refractivity contribution in [1.29, 1.82) is 0 Å². The van der Waals surface area contributed by atoms with E-state index in [2.05, 4.69) is 66.4 Å². The lowest BCUT2D eigenvalue weighted by Gasteiger charge is -2.24. The Hall–Kier alpha value is -1.60. The Kier molecular flexibility index (Phi) is 2.69. The maximum Gasteiger partial charge on any atom is 0.0326 e. The topological polar surface area (TPSA) is 3.24 Å². The van der Waals surface area contributed by atoms with E-state index in [4.69, 9.17) is 0 Å². The molecule has 0 aromatic heterocycles. The summed E-state index contributed by atoms with van der Waals surface area (Å²) < 4.78 is 0. The third kappa shape index (κ3) is 1.98. The fraction of sp³-hybridized carbons (Fsp3) is 0.250. The minimum absolute atomic E-state index is 0.489. The number of benzene rings is 2. The molecule has 86 valence electrons. The van der Waals surface area contributed by atoms with Crippen LogP contribution in [0, 0.1) is 0 Å². The standard InChI is InChI=1S/C16H17N/c1-13(14-7-3-2-4-8-14)17-11-15-9-5-6-10-16(15)12-17/h2-10,13H,11-12H2,1H3. The fourth-order valence-corrected chi connectivity index (χ4v) is 2.58. The Morgan fingerprint density at radius 1 is 0.824 bits per heavy atom. The lowest BCUT2D eigenvalue weighted by molar-refractivity contribution is 0.215. The van der Waals surface area contributed by atoms with E-state index in [-0.39, 0.29) is 0 Å². The molecule has 0 saturated heterocycles. The maximum absolute atomic E-state index is 2.53. The van der Waals surface area contributed by atoms with Gasteiger partial charge in [0.05, 0.1) is 0 Å². The molecule has 0 bridgehead atoms. The molecule has 2 aromatic carbocycles. The Morgan fingerprint density at radius 3 is 1.94 bits per heavy atom. The van der Waals surface area contributed by atoms with Crippen LogP contribution in [0.25, 0.3) is 0 Å². The van der Waals surface area contributed by atoms with Gasteiger partial charge in [-0.1, -0.05) is 54.6 Å². The maximum atomic E-state index is 2.53. The van der Waals surface area contributed by atoms with Crippen molar-refractivity contribution in [3.05, 3.63) is 71.3 Å². The second-order valence-electron chi connectivity index (χ2n) is 4.76. The second kappa shape index (κ2) is 4.34. The second-order valence-corrected chi connectivity index (χ2v) is 4.76. The highest BCUT2D eigenvalue weighted by molar-refractivity contribution is 5.31. The van der Waals surface area contributed by atoms with Gasteiger partial charge < -0.3 is 0 Å². The molecular weight excluding hydrogens is 206 g/mol. The zero-order chi connectivity index (χ0) is 11.7. The van der Waals surface area contributed by atoms with Crippen molar-refractivity contribution in [3.63, 3.8) is 0 Å². The number of nitrogens with zero attached hydrogens (tertiary/aromatic N) is 1. The highest BCUT2D eigenvalue weighted by Crippen LogP contribution is 2.30. The van der Waals surface area contributed by atoms with Crippen molar-refractivity contribution in [2.75, 3.05) is 0 Å². The van der Waals surface area contributed by atoms with Gasteiger partial charge in [0.15, 0.2) is 0 Å². The largest absolute Gasteiger partial charge is 0.288 e. The van der Waals surface area contributed by atoms with E-state index in [0.29, 0.717) is 6.04 Å². The van der Waals surface area contributed by atoms with Crippen LogP contribution in [-0.4, -0.2) is 4.90 Å². The molecule has 3 rings (SSSR count). The minimum Gasteiger partial charge on any atom is -0.288 e. The molecule has 1 aliphatic heterocycles. The van der Waals surface area contributed by atoms with Crippen LogP contribution in [0.15, 0.2) is 54.6 Å². The van der Waals surface area contributed by atoms with E-state index in [1.165, 1.54) is 16.7 Å².